The van der Waals surface area contributed by atoms with Crippen LogP contribution < -0.4 is 14.8 Å². The number of aromatic nitrogens is 3. The Morgan fingerprint density at radius 2 is 1.88 bits per heavy atom. The van der Waals surface area contributed by atoms with E-state index in [4.69, 9.17) is 14.0 Å². The third-order valence-corrected chi connectivity index (χ3v) is 4.75. The number of aryl methyl sites for hydroxylation is 1. The van der Waals surface area contributed by atoms with Crippen molar-refractivity contribution < 1.29 is 18.8 Å². The number of nitrogens with zero attached hydrogens (tertiary/aromatic N) is 3. The monoisotopic (exact) mass is 430 g/mol. The van der Waals surface area contributed by atoms with Crippen LogP contribution in [-0.2, 0) is 11.3 Å². The second-order valence-electron chi connectivity index (χ2n) is 7.03. The third-order valence-electron chi connectivity index (χ3n) is 4.75. The normalized spacial score (nSPS) is 10.6. The van der Waals surface area contributed by atoms with Crippen molar-refractivity contribution in [3.8, 4) is 34.1 Å². The van der Waals surface area contributed by atoms with Crippen LogP contribution in [0.1, 0.15) is 11.3 Å². The van der Waals surface area contributed by atoms with Gasteiger partial charge in [0, 0.05) is 24.4 Å². The molecule has 0 aliphatic heterocycles. The van der Waals surface area contributed by atoms with Crippen LogP contribution in [0.5, 0.6) is 11.5 Å². The average molecular weight is 430 g/mol. The smallest absolute Gasteiger partial charge is 0.258 e. The maximum Gasteiger partial charge on any atom is 0.258 e. The number of amides is 1. The molecule has 0 bridgehead atoms. The number of hydrogen-bond acceptors (Lipinski definition) is 7. The molecule has 8 heteroatoms. The van der Waals surface area contributed by atoms with Crippen molar-refractivity contribution in [3.63, 3.8) is 0 Å². The number of ether oxygens (including phenoxy) is 2. The second kappa shape index (κ2) is 9.74. The summed E-state index contributed by atoms with van der Waals surface area (Å²) in [6, 6.07) is 16.8. The highest BCUT2D eigenvalue weighted by atomic mass is 16.5. The van der Waals surface area contributed by atoms with Crippen LogP contribution in [0, 0.1) is 6.92 Å². The molecule has 0 unspecified atom stereocenters. The standard InChI is InChI=1S/C24H22N4O4/c1-16-11-22(32-28-16)19-13-25-15-27-24(19)18-9-7-17(8-10-18)12-26-23(29)14-31-21-6-4-3-5-20(21)30-2/h3-11,13,15H,12,14H2,1-2H3,(H,26,29). The van der Waals surface area contributed by atoms with Gasteiger partial charge in [-0.05, 0) is 24.6 Å². The summed E-state index contributed by atoms with van der Waals surface area (Å²) in [5, 5.41) is 6.79. The maximum atomic E-state index is 12.2. The zero-order valence-corrected chi connectivity index (χ0v) is 17.7. The summed E-state index contributed by atoms with van der Waals surface area (Å²) in [5.74, 6) is 1.50. The number of hydrogen-bond donors (Lipinski definition) is 1. The molecule has 4 aromatic rings. The molecule has 2 heterocycles. The van der Waals surface area contributed by atoms with Gasteiger partial charge in [0.15, 0.2) is 23.9 Å². The lowest BCUT2D eigenvalue weighted by Crippen LogP contribution is -2.28. The van der Waals surface area contributed by atoms with Gasteiger partial charge in [-0.15, -0.1) is 0 Å². The Morgan fingerprint density at radius 3 is 2.59 bits per heavy atom. The lowest BCUT2D eigenvalue weighted by molar-refractivity contribution is -0.123. The van der Waals surface area contributed by atoms with Gasteiger partial charge in [-0.1, -0.05) is 41.6 Å². The lowest BCUT2D eigenvalue weighted by Gasteiger charge is -2.11. The zero-order chi connectivity index (χ0) is 22.3. The van der Waals surface area contributed by atoms with E-state index in [0.29, 0.717) is 23.8 Å². The van der Waals surface area contributed by atoms with E-state index in [2.05, 4.69) is 20.4 Å². The summed E-state index contributed by atoms with van der Waals surface area (Å²) in [6.07, 6.45) is 3.20. The second-order valence-corrected chi connectivity index (χ2v) is 7.03. The van der Waals surface area contributed by atoms with E-state index < -0.39 is 0 Å². The molecule has 162 valence electrons. The Hall–Kier alpha value is -4.20. The Bertz CT molecular complexity index is 1200. The molecule has 8 nitrogen and oxygen atoms in total. The summed E-state index contributed by atoms with van der Waals surface area (Å²) in [7, 11) is 1.56. The fraction of sp³-hybridized carbons (Fsp3) is 0.167. The van der Waals surface area contributed by atoms with Crippen LogP contribution >= 0.6 is 0 Å². The van der Waals surface area contributed by atoms with Gasteiger partial charge >= 0.3 is 0 Å². The van der Waals surface area contributed by atoms with Crippen LogP contribution in [0.4, 0.5) is 0 Å². The minimum atomic E-state index is -0.223. The lowest BCUT2D eigenvalue weighted by atomic mass is 10.0. The molecule has 32 heavy (non-hydrogen) atoms. The Balaban J connectivity index is 1.37. The van der Waals surface area contributed by atoms with Crippen molar-refractivity contribution in [2.45, 2.75) is 13.5 Å². The van der Waals surface area contributed by atoms with Gasteiger partial charge in [-0.3, -0.25) is 4.79 Å². The summed E-state index contributed by atoms with van der Waals surface area (Å²) in [5.41, 5.74) is 4.16. The number of carbonyl (C=O) groups excluding carboxylic acids is 1. The molecule has 0 atom stereocenters. The maximum absolute atomic E-state index is 12.2. The van der Waals surface area contributed by atoms with Crippen LogP contribution in [0.3, 0.4) is 0 Å². The molecule has 0 saturated heterocycles. The largest absolute Gasteiger partial charge is 0.493 e. The molecule has 4 rings (SSSR count). The van der Waals surface area contributed by atoms with Crippen LogP contribution in [0.25, 0.3) is 22.6 Å². The van der Waals surface area contributed by atoms with E-state index in [0.717, 1.165) is 28.1 Å². The topological polar surface area (TPSA) is 99.4 Å². The van der Waals surface area contributed by atoms with Crippen LogP contribution in [0.2, 0.25) is 0 Å². The third kappa shape index (κ3) is 4.92. The number of para-hydroxylation sites is 2. The van der Waals surface area contributed by atoms with Crippen LogP contribution in [-0.4, -0.2) is 34.7 Å². The predicted molar refractivity (Wildman–Crippen MR) is 118 cm³/mol. The molecule has 0 spiro atoms. The number of carbonyl (C=O) groups is 1. The van der Waals surface area contributed by atoms with Crippen LogP contribution in [0.15, 0.2) is 71.6 Å². The van der Waals surface area contributed by atoms with E-state index in [1.165, 1.54) is 6.33 Å². The highest BCUT2D eigenvalue weighted by molar-refractivity contribution is 5.78. The fourth-order valence-electron chi connectivity index (χ4n) is 3.14. The number of methoxy groups -OCH3 is 1. The molecule has 2 aromatic heterocycles. The first-order valence-electron chi connectivity index (χ1n) is 9.99. The predicted octanol–water partition coefficient (Wildman–Crippen LogP) is 3.81. The van der Waals surface area contributed by atoms with Gasteiger partial charge < -0.3 is 19.3 Å². The van der Waals surface area contributed by atoms with E-state index in [9.17, 15) is 4.79 Å². The molecule has 0 saturated carbocycles. The highest BCUT2D eigenvalue weighted by Gasteiger charge is 2.13. The Labute approximate surface area is 185 Å². The molecule has 0 aliphatic carbocycles. The van der Waals surface area contributed by atoms with Crippen molar-refractivity contribution in [2.24, 2.45) is 0 Å². The average Bonchev–Trinajstić information content (AvgIpc) is 3.28. The van der Waals surface area contributed by atoms with Gasteiger partial charge in [0.25, 0.3) is 5.91 Å². The summed E-state index contributed by atoms with van der Waals surface area (Å²) < 4.78 is 16.1. The van der Waals surface area contributed by atoms with Gasteiger partial charge in [0.2, 0.25) is 0 Å². The molecular formula is C24H22N4O4. The number of nitrogens with one attached hydrogen (secondary N) is 1. The van der Waals surface area contributed by atoms with Crippen molar-refractivity contribution in [1.29, 1.82) is 0 Å². The quantitative estimate of drug-likeness (QED) is 0.454. The van der Waals surface area contributed by atoms with Crippen molar-refractivity contribution >= 4 is 5.91 Å². The van der Waals surface area contributed by atoms with E-state index in [-0.39, 0.29) is 12.5 Å². The van der Waals surface area contributed by atoms with Crippen molar-refractivity contribution in [2.75, 3.05) is 13.7 Å². The summed E-state index contributed by atoms with van der Waals surface area (Å²) in [6.45, 7) is 2.15. The Kier molecular flexibility index (Phi) is 6.41. The number of rotatable bonds is 8. The molecule has 0 radical (unpaired) electrons. The first-order valence-corrected chi connectivity index (χ1v) is 9.99. The Morgan fingerprint density at radius 1 is 1.09 bits per heavy atom. The fourth-order valence-corrected chi connectivity index (χ4v) is 3.14. The van der Waals surface area contributed by atoms with Crippen molar-refractivity contribution in [1.82, 2.24) is 20.4 Å². The molecule has 1 amide bonds. The van der Waals surface area contributed by atoms with Crippen molar-refractivity contribution in [3.05, 3.63) is 78.4 Å². The van der Waals surface area contributed by atoms with Gasteiger partial charge in [0.1, 0.15) is 6.33 Å². The van der Waals surface area contributed by atoms with E-state index in [1.807, 2.05) is 49.4 Å². The number of benzene rings is 2. The highest BCUT2D eigenvalue weighted by Crippen LogP contribution is 2.30. The molecule has 1 N–H and O–H groups in total. The van der Waals surface area contributed by atoms with E-state index >= 15 is 0 Å². The van der Waals surface area contributed by atoms with Gasteiger partial charge in [-0.2, -0.15) is 0 Å². The zero-order valence-electron chi connectivity index (χ0n) is 17.7. The summed E-state index contributed by atoms with van der Waals surface area (Å²) >= 11 is 0. The first-order chi connectivity index (χ1) is 15.6. The minimum absolute atomic E-state index is 0.0979. The molecule has 2 aromatic carbocycles. The first kappa shape index (κ1) is 21.0. The van der Waals surface area contributed by atoms with E-state index in [1.54, 1.807) is 25.4 Å². The summed E-state index contributed by atoms with van der Waals surface area (Å²) in [4.78, 5) is 20.7. The molecule has 0 fully saturated rings. The van der Waals surface area contributed by atoms with Gasteiger partial charge in [-0.25, -0.2) is 9.97 Å². The molecular weight excluding hydrogens is 408 g/mol. The molecule has 0 aliphatic rings. The SMILES string of the molecule is COc1ccccc1OCC(=O)NCc1ccc(-c2ncncc2-c2cc(C)no2)cc1. The minimum Gasteiger partial charge on any atom is -0.493 e. The van der Waals surface area contributed by atoms with Gasteiger partial charge in [0.05, 0.1) is 24.1 Å².